The van der Waals surface area contributed by atoms with Gasteiger partial charge in [0.05, 0.1) is 21.9 Å². The van der Waals surface area contributed by atoms with Crippen molar-refractivity contribution in [1.29, 1.82) is 0 Å². The minimum absolute atomic E-state index is 0.0324. The van der Waals surface area contributed by atoms with Crippen LogP contribution in [0.25, 0.3) is 22.3 Å². The van der Waals surface area contributed by atoms with Gasteiger partial charge in [0.15, 0.2) is 0 Å². The maximum atomic E-state index is 13.5. The first kappa shape index (κ1) is 28.1. The van der Waals surface area contributed by atoms with E-state index in [2.05, 4.69) is 10.0 Å². The zero-order chi connectivity index (χ0) is 29.7. The molecule has 1 aliphatic carbocycles. The molecule has 0 unspecified atom stereocenters. The summed E-state index contributed by atoms with van der Waals surface area (Å²) >= 11 is 0. The number of nitrogens with zero attached hydrogens (tertiary/aromatic N) is 1. The van der Waals surface area contributed by atoms with E-state index in [1.807, 2.05) is 0 Å². The number of furan rings is 1. The van der Waals surface area contributed by atoms with Gasteiger partial charge in [-0.1, -0.05) is 6.07 Å². The summed E-state index contributed by atoms with van der Waals surface area (Å²) in [6, 6.07) is 10.3. The van der Waals surface area contributed by atoms with Crippen molar-refractivity contribution < 1.29 is 40.1 Å². The topological polar surface area (TPSA) is 132 Å². The molecule has 5 rings (SSSR count). The lowest BCUT2D eigenvalue weighted by molar-refractivity contribution is -0.388. The second-order valence-electron chi connectivity index (χ2n) is 9.57. The standard InChI is InChI=1S/C27H21F4N3O6S/c1-32-26(35)24-19-11-18(15-3-4-15)21(12-23(19)40-25(24)16-5-7-17(28)8-6-16)33-41(38,39)13-14-2-9-22(34(36)37)20(10-14)27(29,30)31/h2,5-12,15,33H,3-4,13H2,1H3,(H,32,35). The highest BCUT2D eigenvalue weighted by molar-refractivity contribution is 7.91. The van der Waals surface area contributed by atoms with Crippen LogP contribution >= 0.6 is 0 Å². The lowest BCUT2D eigenvalue weighted by Crippen LogP contribution is -2.18. The highest BCUT2D eigenvalue weighted by atomic mass is 32.2. The van der Waals surface area contributed by atoms with E-state index in [0.717, 1.165) is 18.9 Å². The van der Waals surface area contributed by atoms with Crippen LogP contribution in [0.15, 0.2) is 59.0 Å². The van der Waals surface area contributed by atoms with Gasteiger partial charge in [-0.25, -0.2) is 12.8 Å². The number of carbonyl (C=O) groups is 1. The summed E-state index contributed by atoms with van der Waals surface area (Å²) in [6.45, 7) is 0. The summed E-state index contributed by atoms with van der Waals surface area (Å²) in [6.07, 6.45) is -3.57. The molecule has 214 valence electrons. The van der Waals surface area contributed by atoms with E-state index in [9.17, 15) is 40.9 Å². The maximum Gasteiger partial charge on any atom is 0.423 e. The quantitative estimate of drug-likeness (QED) is 0.140. The van der Waals surface area contributed by atoms with Gasteiger partial charge in [-0.3, -0.25) is 19.6 Å². The molecule has 1 saturated carbocycles. The molecule has 0 bridgehead atoms. The number of rotatable bonds is 8. The van der Waals surface area contributed by atoms with Crippen LogP contribution in [0.1, 0.15) is 45.8 Å². The van der Waals surface area contributed by atoms with E-state index in [-0.39, 0.29) is 34.1 Å². The molecule has 4 aromatic rings. The fourth-order valence-electron chi connectivity index (χ4n) is 4.62. The number of fused-ring (bicyclic) bond motifs is 1. The number of carbonyl (C=O) groups excluding carboxylic acids is 1. The number of halogens is 4. The number of benzene rings is 3. The maximum absolute atomic E-state index is 13.5. The Labute approximate surface area is 230 Å². The van der Waals surface area contributed by atoms with Crippen LogP contribution in [0, 0.1) is 15.9 Å². The third-order valence-corrected chi connectivity index (χ3v) is 7.87. The Kier molecular flexibility index (Phi) is 6.97. The zero-order valence-electron chi connectivity index (χ0n) is 21.2. The molecule has 0 saturated heterocycles. The zero-order valence-corrected chi connectivity index (χ0v) is 22.0. The van der Waals surface area contributed by atoms with Gasteiger partial charge in [0.25, 0.3) is 11.6 Å². The van der Waals surface area contributed by atoms with E-state index < -0.39 is 49.9 Å². The highest BCUT2D eigenvalue weighted by Crippen LogP contribution is 2.47. The van der Waals surface area contributed by atoms with Gasteiger partial charge in [0.1, 0.15) is 22.7 Å². The van der Waals surface area contributed by atoms with Crippen molar-refractivity contribution in [2.45, 2.75) is 30.7 Å². The molecule has 1 aromatic heterocycles. The fourth-order valence-corrected chi connectivity index (χ4v) is 5.82. The number of hydrogen-bond acceptors (Lipinski definition) is 6. The van der Waals surface area contributed by atoms with Crippen molar-refractivity contribution >= 4 is 38.3 Å². The summed E-state index contributed by atoms with van der Waals surface area (Å²) in [5.74, 6) is -1.74. The van der Waals surface area contributed by atoms with E-state index >= 15 is 0 Å². The Bertz CT molecular complexity index is 1800. The van der Waals surface area contributed by atoms with Crippen LogP contribution in [0.3, 0.4) is 0 Å². The second-order valence-corrected chi connectivity index (χ2v) is 11.3. The first-order chi connectivity index (χ1) is 19.3. The largest absolute Gasteiger partial charge is 0.455 e. The summed E-state index contributed by atoms with van der Waals surface area (Å²) in [4.78, 5) is 22.7. The Morgan fingerprint density at radius 3 is 2.37 bits per heavy atom. The first-order valence-corrected chi connectivity index (χ1v) is 13.9. The monoisotopic (exact) mass is 591 g/mol. The molecule has 0 spiro atoms. The molecule has 41 heavy (non-hydrogen) atoms. The SMILES string of the molecule is CNC(=O)c1c(-c2ccc(F)cc2)oc2cc(NS(=O)(=O)Cc3ccc([N+](=O)[O-])c(C(F)(F)F)c3)c(C3CC3)cc12. The molecule has 2 N–H and O–H groups in total. The number of sulfonamides is 1. The van der Waals surface area contributed by atoms with E-state index in [1.54, 1.807) is 6.07 Å². The van der Waals surface area contributed by atoms with Crippen molar-refractivity contribution in [1.82, 2.24) is 5.32 Å². The Morgan fingerprint density at radius 1 is 1.10 bits per heavy atom. The molecule has 3 aromatic carbocycles. The molecule has 1 aliphatic rings. The number of alkyl halides is 3. The van der Waals surface area contributed by atoms with Crippen molar-refractivity contribution in [3.05, 3.63) is 92.8 Å². The average Bonchev–Trinajstić information content (AvgIpc) is 3.67. The second kappa shape index (κ2) is 10.2. The summed E-state index contributed by atoms with van der Waals surface area (Å²) in [7, 11) is -2.88. The number of hydrogen-bond donors (Lipinski definition) is 2. The molecule has 1 fully saturated rings. The van der Waals surface area contributed by atoms with Gasteiger partial charge in [0, 0.05) is 30.1 Å². The Hall–Kier alpha value is -4.46. The molecular formula is C27H21F4N3O6S. The number of amides is 1. The predicted molar refractivity (Wildman–Crippen MR) is 141 cm³/mol. The van der Waals surface area contributed by atoms with E-state index in [4.69, 9.17) is 4.42 Å². The van der Waals surface area contributed by atoms with Crippen LogP contribution in [0.2, 0.25) is 0 Å². The van der Waals surface area contributed by atoms with Crippen LogP contribution in [-0.4, -0.2) is 26.3 Å². The minimum Gasteiger partial charge on any atom is -0.455 e. The molecule has 1 heterocycles. The molecule has 0 atom stereocenters. The lowest BCUT2D eigenvalue weighted by atomic mass is 10.0. The molecular weight excluding hydrogens is 570 g/mol. The normalized spacial score (nSPS) is 13.8. The van der Waals surface area contributed by atoms with Gasteiger partial charge in [0.2, 0.25) is 10.0 Å². The number of anilines is 1. The van der Waals surface area contributed by atoms with Crippen molar-refractivity contribution in [3.63, 3.8) is 0 Å². The highest BCUT2D eigenvalue weighted by Gasteiger charge is 2.39. The molecule has 14 heteroatoms. The lowest BCUT2D eigenvalue weighted by Gasteiger charge is -2.14. The van der Waals surface area contributed by atoms with Crippen LogP contribution in [-0.2, 0) is 22.0 Å². The van der Waals surface area contributed by atoms with Crippen LogP contribution in [0.5, 0.6) is 0 Å². The minimum atomic E-state index is -5.07. The van der Waals surface area contributed by atoms with Gasteiger partial charge in [-0.15, -0.1) is 0 Å². The summed E-state index contributed by atoms with van der Waals surface area (Å²) in [5, 5.41) is 14.0. The van der Waals surface area contributed by atoms with Crippen LogP contribution < -0.4 is 10.0 Å². The first-order valence-electron chi connectivity index (χ1n) is 12.2. The Balaban J connectivity index is 1.56. The van der Waals surface area contributed by atoms with E-state index in [0.29, 0.717) is 28.6 Å². The van der Waals surface area contributed by atoms with Gasteiger partial charge in [-0.2, -0.15) is 13.2 Å². The molecule has 0 radical (unpaired) electrons. The van der Waals surface area contributed by atoms with Crippen LogP contribution in [0.4, 0.5) is 28.9 Å². The molecule has 0 aliphatic heterocycles. The molecule has 9 nitrogen and oxygen atoms in total. The van der Waals surface area contributed by atoms with E-state index in [1.165, 1.54) is 37.4 Å². The number of nitro benzene ring substituents is 1. The average molecular weight is 592 g/mol. The smallest absolute Gasteiger partial charge is 0.423 e. The van der Waals surface area contributed by atoms with Gasteiger partial charge >= 0.3 is 6.18 Å². The van der Waals surface area contributed by atoms with Gasteiger partial charge < -0.3 is 9.73 Å². The number of nitro groups is 1. The van der Waals surface area contributed by atoms with Gasteiger partial charge in [-0.05, 0) is 66.3 Å². The van der Waals surface area contributed by atoms with Crippen molar-refractivity contribution in [2.24, 2.45) is 0 Å². The van der Waals surface area contributed by atoms with Crippen molar-refractivity contribution in [3.8, 4) is 11.3 Å². The number of nitrogens with one attached hydrogen (secondary N) is 2. The summed E-state index contributed by atoms with van der Waals surface area (Å²) < 4.78 is 88.3. The Morgan fingerprint density at radius 2 is 1.78 bits per heavy atom. The van der Waals surface area contributed by atoms with Crippen molar-refractivity contribution in [2.75, 3.05) is 11.8 Å². The molecule has 1 amide bonds. The third-order valence-electron chi connectivity index (χ3n) is 6.62. The fraction of sp³-hybridized carbons (Fsp3) is 0.222. The predicted octanol–water partition coefficient (Wildman–Crippen LogP) is 6.34. The summed E-state index contributed by atoms with van der Waals surface area (Å²) in [5.41, 5.74) is -1.61. The third kappa shape index (κ3) is 5.73.